The van der Waals surface area contributed by atoms with Crippen LogP contribution in [0.25, 0.3) is 0 Å². The Morgan fingerprint density at radius 2 is 1.81 bits per heavy atom. The first-order valence-electron chi connectivity index (χ1n) is 16.3. The number of phenols is 1. The summed E-state index contributed by atoms with van der Waals surface area (Å²) >= 11 is 0. The van der Waals surface area contributed by atoms with Gasteiger partial charge in [0.25, 0.3) is 0 Å². The van der Waals surface area contributed by atoms with E-state index in [0.29, 0.717) is 51.7 Å². The van der Waals surface area contributed by atoms with E-state index in [1.54, 1.807) is 13.8 Å². The van der Waals surface area contributed by atoms with E-state index in [1.807, 2.05) is 38.8 Å². The van der Waals surface area contributed by atoms with E-state index in [-0.39, 0.29) is 43.3 Å². The number of nitrogens with zero attached hydrogens (tertiary/aromatic N) is 3. The number of amides is 2. The number of piperazine rings is 1. The number of carbonyl (C=O) groups excluding carboxylic acids is 3. The first kappa shape index (κ1) is 33.4. The van der Waals surface area contributed by atoms with Crippen molar-refractivity contribution in [1.82, 2.24) is 20.4 Å². The smallest absolute Gasteiger partial charge is 0.308 e. The first-order chi connectivity index (χ1) is 22.8. The molecule has 1 unspecified atom stereocenters. The Labute approximate surface area is 280 Å². The van der Waals surface area contributed by atoms with Crippen molar-refractivity contribution in [2.75, 3.05) is 21.0 Å². The van der Waals surface area contributed by atoms with Gasteiger partial charge in [-0.1, -0.05) is 19.9 Å². The molecule has 0 radical (unpaired) electrons. The Morgan fingerprint density at radius 1 is 1.10 bits per heavy atom. The molecule has 2 amide bonds. The number of nitriles is 1. The van der Waals surface area contributed by atoms with Crippen LogP contribution in [0.15, 0.2) is 6.07 Å². The van der Waals surface area contributed by atoms with E-state index in [9.17, 15) is 24.8 Å². The molecular formula is C35H43N5O8. The molecule has 256 valence electrons. The lowest BCUT2D eigenvalue weighted by atomic mass is 9.72. The predicted octanol–water partition coefficient (Wildman–Crippen LogP) is 3.07. The Balaban J connectivity index is 1.55. The summed E-state index contributed by atoms with van der Waals surface area (Å²) in [6.45, 7) is 10.4. The maximum Gasteiger partial charge on any atom is 0.308 e. The normalized spacial score (nSPS) is 24.5. The quantitative estimate of drug-likeness (QED) is 0.295. The Hall–Kier alpha value is -4.54. The molecule has 3 N–H and O–H groups in total. The van der Waals surface area contributed by atoms with Gasteiger partial charge in [-0.3, -0.25) is 24.2 Å². The van der Waals surface area contributed by atoms with Crippen LogP contribution in [0.3, 0.4) is 0 Å². The average molecular weight is 662 g/mol. The molecule has 6 rings (SSSR count). The molecule has 0 spiro atoms. The number of likely N-dealkylation sites (N-methyl/N-ethyl adjacent to an activating group) is 1. The van der Waals surface area contributed by atoms with Gasteiger partial charge >= 0.3 is 5.97 Å². The van der Waals surface area contributed by atoms with Gasteiger partial charge in [0.15, 0.2) is 23.0 Å². The molecule has 2 aromatic rings. The number of fused-ring (bicyclic) bond motifs is 9. The first-order valence-corrected chi connectivity index (χ1v) is 16.3. The zero-order valence-electron chi connectivity index (χ0n) is 28.6. The highest BCUT2D eigenvalue weighted by Gasteiger charge is 2.57. The number of esters is 1. The minimum absolute atomic E-state index is 0.0353. The number of ether oxygens (including phenoxy) is 4. The molecular weight excluding hydrogens is 618 g/mol. The van der Waals surface area contributed by atoms with Crippen LogP contribution in [0.5, 0.6) is 28.7 Å². The molecule has 0 aliphatic carbocycles. The van der Waals surface area contributed by atoms with Crippen LogP contribution in [0.4, 0.5) is 0 Å². The second kappa shape index (κ2) is 12.5. The maximum atomic E-state index is 14.0. The fraction of sp³-hybridized carbons (Fsp3) is 0.543. The number of aromatic hydroxyl groups is 1. The van der Waals surface area contributed by atoms with Gasteiger partial charge in [-0.25, -0.2) is 0 Å². The van der Waals surface area contributed by atoms with Gasteiger partial charge in [-0.2, -0.15) is 5.26 Å². The van der Waals surface area contributed by atoms with Gasteiger partial charge in [-0.15, -0.1) is 0 Å². The lowest BCUT2D eigenvalue weighted by molar-refractivity contribution is -0.133. The topological polar surface area (TPSA) is 163 Å². The third-order valence-electron chi connectivity index (χ3n) is 10.0. The lowest BCUT2D eigenvalue weighted by Gasteiger charge is -2.59. The number of hydrogen-bond donors (Lipinski definition) is 3. The largest absolute Gasteiger partial charge is 0.504 e. The van der Waals surface area contributed by atoms with Crippen molar-refractivity contribution in [3.8, 4) is 34.8 Å². The highest BCUT2D eigenvalue weighted by molar-refractivity contribution is 5.88. The number of aryl methyl sites for hydroxylation is 1. The lowest BCUT2D eigenvalue weighted by Crippen LogP contribution is -2.70. The second-order valence-corrected chi connectivity index (χ2v) is 13.6. The van der Waals surface area contributed by atoms with E-state index in [1.165, 1.54) is 14.0 Å². The SMILES string of the molecule is COc1c(C)cc2c(c1O)[C@@H]1C3Cc4c(OC(C)=O)c(C)c5c(c4[C@H](NC(=O)[C@@H](C)NC(=O)CC(C)C)N3[C@@H](C#N)[C@H](C2)N1C)OCO5. The minimum Gasteiger partial charge on any atom is -0.504 e. The number of nitrogens with one attached hydrogen (secondary N) is 2. The predicted molar refractivity (Wildman–Crippen MR) is 173 cm³/mol. The Bertz CT molecular complexity index is 1730. The van der Waals surface area contributed by atoms with E-state index in [4.69, 9.17) is 18.9 Å². The third-order valence-corrected chi connectivity index (χ3v) is 10.0. The molecule has 2 bridgehead atoms. The number of methoxy groups -OCH3 is 1. The van der Waals surface area contributed by atoms with Crippen molar-refractivity contribution >= 4 is 17.8 Å². The molecule has 1 fully saturated rings. The summed E-state index contributed by atoms with van der Waals surface area (Å²) in [6.07, 6.45) is 0.0827. The summed E-state index contributed by atoms with van der Waals surface area (Å²) in [5, 5.41) is 28.4. The van der Waals surface area contributed by atoms with Crippen LogP contribution < -0.4 is 29.6 Å². The molecule has 48 heavy (non-hydrogen) atoms. The van der Waals surface area contributed by atoms with E-state index in [0.717, 1.165) is 11.1 Å². The molecule has 1 saturated heterocycles. The second-order valence-electron chi connectivity index (χ2n) is 13.6. The van der Waals surface area contributed by atoms with Crippen LogP contribution in [-0.4, -0.2) is 77.8 Å². The summed E-state index contributed by atoms with van der Waals surface area (Å²) in [5.74, 6) is 0.380. The van der Waals surface area contributed by atoms with Crippen molar-refractivity contribution in [1.29, 1.82) is 5.26 Å². The van der Waals surface area contributed by atoms with Crippen LogP contribution in [0.1, 0.15) is 79.7 Å². The molecule has 13 nitrogen and oxygen atoms in total. The monoisotopic (exact) mass is 661 g/mol. The Morgan fingerprint density at radius 3 is 2.46 bits per heavy atom. The van der Waals surface area contributed by atoms with Crippen molar-refractivity contribution in [2.24, 2.45) is 5.92 Å². The molecule has 4 aliphatic rings. The van der Waals surface area contributed by atoms with Crippen molar-refractivity contribution in [2.45, 2.75) is 97.2 Å². The number of benzene rings is 2. The summed E-state index contributed by atoms with van der Waals surface area (Å²) in [5.41, 5.74) is 4.14. The summed E-state index contributed by atoms with van der Waals surface area (Å²) in [7, 11) is 3.46. The summed E-state index contributed by atoms with van der Waals surface area (Å²) in [4.78, 5) is 43.2. The highest BCUT2D eigenvalue weighted by Crippen LogP contribution is 2.58. The maximum absolute atomic E-state index is 14.0. The van der Waals surface area contributed by atoms with Crippen LogP contribution in [-0.2, 0) is 27.2 Å². The van der Waals surface area contributed by atoms with Crippen molar-refractivity contribution in [3.05, 3.63) is 39.4 Å². The van der Waals surface area contributed by atoms with E-state index < -0.39 is 42.2 Å². The van der Waals surface area contributed by atoms with E-state index in [2.05, 4.69) is 21.6 Å². The van der Waals surface area contributed by atoms with Crippen LogP contribution in [0.2, 0.25) is 0 Å². The molecule has 4 aliphatic heterocycles. The summed E-state index contributed by atoms with van der Waals surface area (Å²) in [6, 6.07) is 1.70. The molecule has 13 heteroatoms. The fourth-order valence-corrected chi connectivity index (χ4v) is 8.11. The fourth-order valence-electron chi connectivity index (χ4n) is 8.11. The van der Waals surface area contributed by atoms with Gasteiger partial charge in [0.1, 0.15) is 24.0 Å². The van der Waals surface area contributed by atoms with Gasteiger partial charge in [0, 0.05) is 47.7 Å². The molecule has 2 aromatic carbocycles. The number of hydrogen-bond acceptors (Lipinski definition) is 11. The number of phenolic OH excluding ortho intramolecular Hbond substituents is 1. The Kier molecular flexibility index (Phi) is 8.68. The van der Waals surface area contributed by atoms with Crippen LogP contribution >= 0.6 is 0 Å². The highest BCUT2D eigenvalue weighted by atomic mass is 16.7. The van der Waals surface area contributed by atoms with Gasteiger partial charge in [0.2, 0.25) is 18.6 Å². The number of rotatable bonds is 7. The average Bonchev–Trinajstić information content (AvgIpc) is 3.49. The van der Waals surface area contributed by atoms with Gasteiger partial charge in [-0.05, 0) is 57.7 Å². The van der Waals surface area contributed by atoms with Crippen LogP contribution in [0, 0.1) is 31.1 Å². The zero-order chi connectivity index (χ0) is 34.8. The molecule has 0 saturated carbocycles. The zero-order valence-corrected chi connectivity index (χ0v) is 28.6. The van der Waals surface area contributed by atoms with Crippen molar-refractivity contribution < 1.29 is 38.4 Å². The molecule has 4 heterocycles. The standard InChI is InChI=1S/C35H43N5O8/c1-15(2)9-25(42)37-18(5)35(44)38-34-27-21(31(48-19(6)41)17(4)32-33(27)47-14-46-32)12-23-28-26-20(10-16(3)30(45-8)29(26)43)11-22(39(28)7)24(13-36)40(23)34/h10,15,18,22-24,28,34,43H,9,11-12,14H2,1-8H3,(H,37,42)(H,38,44)/t18-,22+,23?,24+,28+,34-/m1/s1. The minimum atomic E-state index is -0.944. The molecule has 0 aromatic heterocycles. The number of carbonyl (C=O) groups is 3. The third kappa shape index (κ3) is 5.27. The molecule has 6 atom stereocenters. The van der Waals surface area contributed by atoms with E-state index >= 15 is 0 Å². The van der Waals surface area contributed by atoms with Gasteiger partial charge in [0.05, 0.1) is 19.2 Å². The van der Waals surface area contributed by atoms with Gasteiger partial charge < -0.3 is 34.7 Å². The summed E-state index contributed by atoms with van der Waals surface area (Å²) < 4.78 is 23.4. The van der Waals surface area contributed by atoms with Crippen molar-refractivity contribution in [3.63, 3.8) is 0 Å².